The van der Waals surface area contributed by atoms with Crippen LogP contribution < -0.4 is 0 Å². The summed E-state index contributed by atoms with van der Waals surface area (Å²) in [5, 5.41) is 0. The Labute approximate surface area is 112 Å². The van der Waals surface area contributed by atoms with Crippen LogP contribution in [-0.4, -0.2) is 4.98 Å². The lowest BCUT2D eigenvalue weighted by Crippen LogP contribution is -1.91. The molecule has 2 nitrogen and oxygen atoms in total. The molecule has 1 aromatic heterocycles. The Morgan fingerprint density at radius 1 is 0.789 bits per heavy atom. The predicted molar refractivity (Wildman–Crippen MR) is 75.8 cm³/mol. The molecule has 0 fully saturated rings. The Balaban J connectivity index is 1.69. The number of hydrogen-bond acceptors (Lipinski definition) is 2. The van der Waals surface area contributed by atoms with Crippen molar-refractivity contribution in [1.82, 2.24) is 4.98 Å². The number of nitrogens with zero attached hydrogens (tertiary/aromatic N) is 1. The third-order valence-corrected chi connectivity index (χ3v) is 3.09. The molecule has 0 amide bonds. The van der Waals surface area contributed by atoms with E-state index in [1.54, 1.807) is 6.26 Å². The first-order chi connectivity index (χ1) is 9.42. The number of benzene rings is 2. The zero-order valence-corrected chi connectivity index (χ0v) is 10.6. The molecule has 3 rings (SSSR count). The molecule has 0 radical (unpaired) electrons. The third kappa shape index (κ3) is 2.91. The van der Waals surface area contributed by atoms with Crippen LogP contribution in [0.15, 0.2) is 71.3 Å². The van der Waals surface area contributed by atoms with Crippen LogP contribution in [0.5, 0.6) is 0 Å². The van der Waals surface area contributed by atoms with Crippen LogP contribution >= 0.6 is 0 Å². The van der Waals surface area contributed by atoms with Gasteiger partial charge in [-0.15, -0.1) is 0 Å². The van der Waals surface area contributed by atoms with Crippen LogP contribution in [0.25, 0.3) is 11.3 Å². The van der Waals surface area contributed by atoms with Crippen LogP contribution in [0, 0.1) is 0 Å². The van der Waals surface area contributed by atoms with E-state index < -0.39 is 0 Å². The van der Waals surface area contributed by atoms with Crippen molar-refractivity contribution in [3.05, 3.63) is 78.4 Å². The highest BCUT2D eigenvalue weighted by Gasteiger charge is 2.05. The van der Waals surface area contributed by atoms with E-state index in [9.17, 15) is 0 Å². The lowest BCUT2D eigenvalue weighted by molar-refractivity contribution is 0.494. The molecule has 0 saturated carbocycles. The maximum absolute atomic E-state index is 5.53. The second-order valence-corrected chi connectivity index (χ2v) is 4.48. The molecule has 0 aliphatic heterocycles. The standard InChI is InChI=1S/C17H15NO/c1-3-7-14(8-4-1)11-12-17-18-16(13-19-17)15-9-5-2-6-10-15/h1-10,13H,11-12H2. The van der Waals surface area contributed by atoms with Crippen molar-refractivity contribution in [3.8, 4) is 11.3 Å². The fourth-order valence-corrected chi connectivity index (χ4v) is 2.06. The number of oxazole rings is 1. The molecule has 0 spiro atoms. The number of rotatable bonds is 4. The number of hydrogen-bond donors (Lipinski definition) is 0. The maximum Gasteiger partial charge on any atom is 0.194 e. The summed E-state index contributed by atoms with van der Waals surface area (Å²) in [5.74, 6) is 0.794. The summed E-state index contributed by atoms with van der Waals surface area (Å²) >= 11 is 0. The zero-order valence-electron chi connectivity index (χ0n) is 10.6. The van der Waals surface area contributed by atoms with Crippen LogP contribution in [0.2, 0.25) is 0 Å². The average Bonchev–Trinajstić information content (AvgIpc) is 2.96. The van der Waals surface area contributed by atoms with Gasteiger partial charge in [0, 0.05) is 12.0 Å². The number of aromatic nitrogens is 1. The van der Waals surface area contributed by atoms with Gasteiger partial charge >= 0.3 is 0 Å². The highest BCUT2D eigenvalue weighted by atomic mass is 16.3. The highest BCUT2D eigenvalue weighted by Crippen LogP contribution is 2.18. The Morgan fingerprint density at radius 3 is 2.21 bits per heavy atom. The van der Waals surface area contributed by atoms with E-state index in [1.165, 1.54) is 5.56 Å². The largest absolute Gasteiger partial charge is 0.448 e. The van der Waals surface area contributed by atoms with E-state index in [1.807, 2.05) is 36.4 Å². The summed E-state index contributed by atoms with van der Waals surface area (Å²) < 4.78 is 5.53. The third-order valence-electron chi connectivity index (χ3n) is 3.09. The van der Waals surface area contributed by atoms with Crippen molar-refractivity contribution >= 4 is 0 Å². The van der Waals surface area contributed by atoms with Gasteiger partial charge in [0.15, 0.2) is 5.89 Å². The zero-order chi connectivity index (χ0) is 12.9. The summed E-state index contributed by atoms with van der Waals surface area (Å²) in [6.07, 6.45) is 3.52. The van der Waals surface area contributed by atoms with Crippen LogP contribution in [0.1, 0.15) is 11.5 Å². The minimum atomic E-state index is 0.794. The van der Waals surface area contributed by atoms with Crippen molar-refractivity contribution in [2.45, 2.75) is 12.8 Å². The van der Waals surface area contributed by atoms with E-state index in [4.69, 9.17) is 4.42 Å². The van der Waals surface area contributed by atoms with Crippen molar-refractivity contribution < 1.29 is 4.42 Å². The molecular formula is C17H15NO. The van der Waals surface area contributed by atoms with Crippen LogP contribution in [-0.2, 0) is 12.8 Å². The van der Waals surface area contributed by atoms with Crippen molar-refractivity contribution in [2.75, 3.05) is 0 Å². The molecule has 2 aromatic carbocycles. The summed E-state index contributed by atoms with van der Waals surface area (Å²) in [7, 11) is 0. The normalized spacial score (nSPS) is 10.5. The van der Waals surface area contributed by atoms with Gasteiger partial charge < -0.3 is 4.42 Å². The van der Waals surface area contributed by atoms with E-state index in [2.05, 4.69) is 29.2 Å². The average molecular weight is 249 g/mol. The topological polar surface area (TPSA) is 26.0 Å². The van der Waals surface area contributed by atoms with Gasteiger partial charge in [-0.05, 0) is 12.0 Å². The van der Waals surface area contributed by atoms with Crippen LogP contribution in [0.3, 0.4) is 0 Å². The minimum Gasteiger partial charge on any atom is -0.448 e. The van der Waals surface area contributed by atoms with Gasteiger partial charge in [-0.2, -0.15) is 0 Å². The molecule has 0 unspecified atom stereocenters. The van der Waals surface area contributed by atoms with E-state index >= 15 is 0 Å². The lowest BCUT2D eigenvalue weighted by Gasteiger charge is -1.97. The quantitative estimate of drug-likeness (QED) is 0.695. The molecule has 2 heteroatoms. The Bertz CT molecular complexity index is 629. The number of aryl methyl sites for hydroxylation is 2. The monoisotopic (exact) mass is 249 g/mol. The summed E-state index contributed by atoms with van der Waals surface area (Å²) in [6.45, 7) is 0. The highest BCUT2D eigenvalue weighted by molar-refractivity contribution is 5.57. The minimum absolute atomic E-state index is 0.794. The molecule has 0 N–H and O–H groups in total. The van der Waals surface area contributed by atoms with Gasteiger partial charge in [0.2, 0.25) is 0 Å². The molecule has 0 aliphatic carbocycles. The molecule has 94 valence electrons. The van der Waals surface area contributed by atoms with Gasteiger partial charge in [0.25, 0.3) is 0 Å². The second kappa shape index (κ2) is 5.53. The lowest BCUT2D eigenvalue weighted by atomic mass is 10.1. The molecule has 0 atom stereocenters. The van der Waals surface area contributed by atoms with Crippen molar-refractivity contribution in [3.63, 3.8) is 0 Å². The van der Waals surface area contributed by atoms with Crippen LogP contribution in [0.4, 0.5) is 0 Å². The Hall–Kier alpha value is -2.35. The first-order valence-electron chi connectivity index (χ1n) is 6.45. The van der Waals surface area contributed by atoms with Crippen molar-refractivity contribution in [1.29, 1.82) is 0 Å². The Morgan fingerprint density at radius 2 is 1.47 bits per heavy atom. The van der Waals surface area contributed by atoms with Crippen molar-refractivity contribution in [2.24, 2.45) is 0 Å². The fourth-order valence-electron chi connectivity index (χ4n) is 2.06. The molecular weight excluding hydrogens is 234 g/mol. The molecule has 3 aromatic rings. The van der Waals surface area contributed by atoms with E-state index in [0.717, 1.165) is 30.0 Å². The van der Waals surface area contributed by atoms with E-state index in [0.29, 0.717) is 0 Å². The fraction of sp³-hybridized carbons (Fsp3) is 0.118. The second-order valence-electron chi connectivity index (χ2n) is 4.48. The smallest absolute Gasteiger partial charge is 0.194 e. The summed E-state index contributed by atoms with van der Waals surface area (Å²) in [4.78, 5) is 4.53. The molecule has 19 heavy (non-hydrogen) atoms. The summed E-state index contributed by atoms with van der Waals surface area (Å²) in [6, 6.07) is 20.5. The van der Waals surface area contributed by atoms with Gasteiger partial charge in [0.1, 0.15) is 12.0 Å². The molecule has 0 bridgehead atoms. The molecule has 1 heterocycles. The SMILES string of the molecule is c1ccc(CCc2nc(-c3ccccc3)co2)cc1. The van der Waals surface area contributed by atoms with Gasteiger partial charge in [-0.1, -0.05) is 60.7 Å². The van der Waals surface area contributed by atoms with Gasteiger partial charge in [-0.25, -0.2) is 4.98 Å². The molecule has 0 saturated heterocycles. The molecule has 0 aliphatic rings. The first kappa shape index (κ1) is 11.7. The Kier molecular flexibility index (Phi) is 3.41. The first-order valence-corrected chi connectivity index (χ1v) is 6.45. The summed E-state index contributed by atoms with van der Waals surface area (Å²) in [5.41, 5.74) is 3.31. The van der Waals surface area contributed by atoms with E-state index in [-0.39, 0.29) is 0 Å². The van der Waals surface area contributed by atoms with Gasteiger partial charge in [0.05, 0.1) is 0 Å². The maximum atomic E-state index is 5.53. The predicted octanol–water partition coefficient (Wildman–Crippen LogP) is 4.13. The van der Waals surface area contributed by atoms with Gasteiger partial charge in [-0.3, -0.25) is 0 Å².